The number of nitrogens with zero attached hydrogens (tertiary/aromatic N) is 3. The third-order valence-electron chi connectivity index (χ3n) is 5.53. The van der Waals surface area contributed by atoms with Crippen LogP contribution in [0.25, 0.3) is 0 Å². The van der Waals surface area contributed by atoms with Crippen molar-refractivity contribution in [3.05, 3.63) is 29.3 Å². The zero-order chi connectivity index (χ0) is 19.9. The van der Waals surface area contributed by atoms with Gasteiger partial charge in [-0.15, -0.1) is 0 Å². The predicted molar refractivity (Wildman–Crippen MR) is 104 cm³/mol. The summed E-state index contributed by atoms with van der Waals surface area (Å²) in [5, 5.41) is 0. The molecule has 152 valence electrons. The molecule has 1 aromatic rings. The summed E-state index contributed by atoms with van der Waals surface area (Å²) in [4.78, 5) is 16.2. The lowest BCUT2D eigenvalue weighted by atomic mass is 10.2. The summed E-state index contributed by atoms with van der Waals surface area (Å²) in [6.07, 6.45) is 0.351. The highest BCUT2D eigenvalue weighted by Crippen LogP contribution is 2.35. The molecule has 1 amide bonds. The van der Waals surface area contributed by atoms with Gasteiger partial charge in [0.2, 0.25) is 15.9 Å². The fourth-order valence-corrected chi connectivity index (χ4v) is 5.33. The minimum atomic E-state index is -3.60. The Morgan fingerprint density at radius 1 is 1.18 bits per heavy atom. The predicted octanol–water partition coefficient (Wildman–Crippen LogP) is 0.695. The Labute approximate surface area is 165 Å². The molecule has 1 aromatic carbocycles. The zero-order valence-electron chi connectivity index (χ0n) is 16.2. The Morgan fingerprint density at radius 3 is 2.57 bits per heavy atom. The number of anilines is 1. The van der Waals surface area contributed by atoms with Gasteiger partial charge in [-0.3, -0.25) is 4.79 Å². The highest BCUT2D eigenvalue weighted by atomic mass is 32.2. The first-order valence-corrected chi connectivity index (χ1v) is 10.8. The van der Waals surface area contributed by atoms with E-state index < -0.39 is 10.0 Å². The fourth-order valence-electron chi connectivity index (χ4n) is 3.88. The molecule has 0 bridgehead atoms. The van der Waals surface area contributed by atoms with Crippen molar-refractivity contribution in [1.82, 2.24) is 9.21 Å². The molecule has 0 aliphatic carbocycles. The average molecular weight is 407 g/mol. The van der Waals surface area contributed by atoms with Gasteiger partial charge in [0.15, 0.2) is 0 Å². The van der Waals surface area contributed by atoms with E-state index in [4.69, 9.17) is 9.47 Å². The average Bonchev–Trinajstić information content (AvgIpc) is 3.26. The van der Waals surface area contributed by atoms with Gasteiger partial charge in [-0.25, -0.2) is 8.42 Å². The number of likely N-dealkylation sites (N-methyl/N-ethyl adjacent to an activating group) is 1. The summed E-state index contributed by atoms with van der Waals surface area (Å²) >= 11 is 0. The number of methoxy groups -OCH3 is 1. The number of sulfonamides is 1. The number of hydrogen-bond acceptors (Lipinski definition) is 6. The molecule has 0 spiro atoms. The number of amides is 1. The first kappa shape index (κ1) is 19.2. The first-order chi connectivity index (χ1) is 13.4. The number of ether oxygens (including phenoxy) is 2. The van der Waals surface area contributed by atoms with Crippen LogP contribution in [0, 0.1) is 0 Å². The Kier molecular flexibility index (Phi) is 5.07. The molecule has 0 unspecified atom stereocenters. The van der Waals surface area contributed by atoms with Crippen LogP contribution in [0.15, 0.2) is 34.2 Å². The molecule has 0 atom stereocenters. The molecule has 0 saturated heterocycles. The van der Waals surface area contributed by atoms with Crippen molar-refractivity contribution >= 4 is 21.6 Å². The quantitative estimate of drug-likeness (QED) is 0.669. The van der Waals surface area contributed by atoms with Crippen molar-refractivity contribution in [3.8, 4) is 5.75 Å². The van der Waals surface area contributed by atoms with Gasteiger partial charge in [0.1, 0.15) is 12.4 Å². The highest BCUT2D eigenvalue weighted by molar-refractivity contribution is 7.89. The van der Waals surface area contributed by atoms with Crippen LogP contribution in [-0.4, -0.2) is 83.6 Å². The maximum atomic E-state index is 13.2. The molecule has 8 nitrogen and oxygen atoms in total. The van der Waals surface area contributed by atoms with Gasteiger partial charge >= 0.3 is 0 Å². The first-order valence-electron chi connectivity index (χ1n) is 9.35. The van der Waals surface area contributed by atoms with Gasteiger partial charge in [0.05, 0.1) is 30.2 Å². The number of carbonyl (C=O) groups excluding carboxylic acids is 1. The molecule has 28 heavy (non-hydrogen) atoms. The summed E-state index contributed by atoms with van der Waals surface area (Å²) in [7, 11) is -0.102. The zero-order valence-corrected chi connectivity index (χ0v) is 17.0. The maximum absolute atomic E-state index is 13.2. The van der Waals surface area contributed by atoms with Gasteiger partial charge in [-0.1, -0.05) is 0 Å². The second-order valence-electron chi connectivity index (χ2n) is 7.37. The number of rotatable bonds is 5. The van der Waals surface area contributed by atoms with E-state index in [2.05, 4.69) is 0 Å². The molecular weight excluding hydrogens is 382 g/mol. The van der Waals surface area contributed by atoms with Crippen LogP contribution in [0.1, 0.15) is 6.42 Å². The van der Waals surface area contributed by atoms with Crippen molar-refractivity contribution in [1.29, 1.82) is 0 Å². The van der Waals surface area contributed by atoms with Crippen molar-refractivity contribution in [2.75, 3.05) is 65.0 Å². The van der Waals surface area contributed by atoms with Crippen LogP contribution in [0.5, 0.6) is 5.75 Å². The van der Waals surface area contributed by atoms with E-state index in [1.54, 1.807) is 30.2 Å². The molecule has 3 aliphatic heterocycles. The van der Waals surface area contributed by atoms with Gasteiger partial charge in [0, 0.05) is 40.3 Å². The summed E-state index contributed by atoms with van der Waals surface area (Å²) < 4.78 is 38.4. The molecule has 0 aromatic heterocycles. The van der Waals surface area contributed by atoms with Crippen molar-refractivity contribution in [3.63, 3.8) is 0 Å². The lowest BCUT2D eigenvalue weighted by Gasteiger charge is -2.28. The smallest absolute Gasteiger partial charge is 0.243 e. The minimum Gasteiger partial charge on any atom is -0.490 e. The minimum absolute atomic E-state index is 0.0448. The van der Waals surface area contributed by atoms with E-state index in [1.165, 1.54) is 4.31 Å². The van der Waals surface area contributed by atoms with Gasteiger partial charge in [0.25, 0.3) is 0 Å². The Bertz CT molecular complexity index is 909. The van der Waals surface area contributed by atoms with Gasteiger partial charge < -0.3 is 19.3 Å². The van der Waals surface area contributed by atoms with E-state index in [9.17, 15) is 13.2 Å². The Hall–Kier alpha value is -2.10. The molecule has 0 saturated carbocycles. The van der Waals surface area contributed by atoms with Crippen molar-refractivity contribution in [2.45, 2.75) is 11.3 Å². The summed E-state index contributed by atoms with van der Waals surface area (Å²) in [5.41, 5.74) is 2.86. The molecule has 0 radical (unpaired) electrons. The lowest BCUT2D eigenvalue weighted by Crippen LogP contribution is -2.36. The molecule has 4 rings (SSSR count). The van der Waals surface area contributed by atoms with Crippen molar-refractivity contribution < 1.29 is 22.7 Å². The van der Waals surface area contributed by atoms with E-state index in [0.717, 1.165) is 23.4 Å². The van der Waals surface area contributed by atoms with E-state index in [-0.39, 0.29) is 10.8 Å². The monoisotopic (exact) mass is 407 g/mol. The van der Waals surface area contributed by atoms with Crippen molar-refractivity contribution in [2.24, 2.45) is 0 Å². The third-order valence-corrected chi connectivity index (χ3v) is 7.32. The SMILES string of the molecule is COCCC(=O)N1CC2=C(C1)CN(S(=O)(=O)c1ccc3c(c1)N(C)CCO3)C2. The molecule has 0 fully saturated rings. The number of carbonyl (C=O) groups is 1. The molecule has 3 heterocycles. The molecular formula is C19H25N3O5S. The van der Waals surface area contributed by atoms with E-state index in [1.807, 2.05) is 11.9 Å². The number of hydrogen-bond donors (Lipinski definition) is 0. The number of benzene rings is 1. The Morgan fingerprint density at radius 2 is 1.89 bits per heavy atom. The third kappa shape index (κ3) is 3.38. The van der Waals surface area contributed by atoms with E-state index in [0.29, 0.717) is 51.6 Å². The lowest BCUT2D eigenvalue weighted by molar-refractivity contribution is -0.130. The topological polar surface area (TPSA) is 79.4 Å². The summed E-state index contributed by atoms with van der Waals surface area (Å²) in [6, 6.07) is 5.02. The van der Waals surface area contributed by atoms with E-state index >= 15 is 0 Å². The van der Waals surface area contributed by atoms with Crippen LogP contribution in [0.3, 0.4) is 0 Å². The maximum Gasteiger partial charge on any atom is 0.243 e. The molecule has 3 aliphatic rings. The second-order valence-corrected chi connectivity index (χ2v) is 9.31. The summed E-state index contributed by atoms with van der Waals surface area (Å²) in [6.45, 7) is 3.41. The largest absolute Gasteiger partial charge is 0.490 e. The van der Waals surface area contributed by atoms with Crippen LogP contribution < -0.4 is 9.64 Å². The van der Waals surface area contributed by atoms with Gasteiger partial charge in [-0.05, 0) is 29.3 Å². The van der Waals surface area contributed by atoms with Crippen LogP contribution >= 0.6 is 0 Å². The fraction of sp³-hybridized carbons (Fsp3) is 0.526. The highest BCUT2D eigenvalue weighted by Gasteiger charge is 2.37. The standard InChI is InChI=1S/C19H25N3O5S/c1-20-6-8-27-18-4-3-16(9-17(18)20)28(24,25)22-12-14-10-21(11-15(14)13-22)19(23)5-7-26-2/h3-4,9H,5-8,10-13H2,1-2H3. The van der Waals surface area contributed by atoms with Crippen LogP contribution in [-0.2, 0) is 19.6 Å². The second kappa shape index (κ2) is 7.38. The number of fused-ring (bicyclic) bond motifs is 1. The van der Waals surface area contributed by atoms with Crippen LogP contribution in [0.4, 0.5) is 5.69 Å². The Balaban J connectivity index is 1.46. The molecule has 9 heteroatoms. The normalized spacial score (nSPS) is 19.6. The van der Waals surface area contributed by atoms with Crippen LogP contribution in [0.2, 0.25) is 0 Å². The molecule has 0 N–H and O–H groups in total. The van der Waals surface area contributed by atoms with Gasteiger partial charge in [-0.2, -0.15) is 4.31 Å². The summed E-state index contributed by atoms with van der Waals surface area (Å²) in [5.74, 6) is 0.753.